The maximum Gasteiger partial charge on any atom is -0.0414 e. The van der Waals surface area contributed by atoms with Gasteiger partial charge >= 0.3 is 0 Å². The summed E-state index contributed by atoms with van der Waals surface area (Å²) in [6, 6.07) is 0. The van der Waals surface area contributed by atoms with E-state index in [1.54, 1.807) is 0 Å². The summed E-state index contributed by atoms with van der Waals surface area (Å²) >= 11 is 0. The molecule has 115 valence electrons. The first kappa shape index (κ1) is 19.0. The monoisotopic (exact) mass is 267 g/mol. The van der Waals surface area contributed by atoms with E-state index in [0.717, 1.165) is 12.3 Å². The van der Waals surface area contributed by atoms with Crippen LogP contribution in [0.1, 0.15) is 110 Å². The van der Waals surface area contributed by atoms with Crippen LogP contribution in [0.5, 0.6) is 0 Å². The van der Waals surface area contributed by atoms with Crippen molar-refractivity contribution in [3.8, 4) is 0 Å². The highest BCUT2D eigenvalue weighted by Crippen LogP contribution is 2.23. The van der Waals surface area contributed by atoms with Gasteiger partial charge < -0.3 is 0 Å². The van der Waals surface area contributed by atoms with Gasteiger partial charge in [-0.05, 0) is 5.92 Å². The average Bonchev–Trinajstić information content (AvgIpc) is 2.43. The topological polar surface area (TPSA) is 0 Å². The van der Waals surface area contributed by atoms with Crippen molar-refractivity contribution in [3.63, 3.8) is 0 Å². The molecular formula is C19H39. The van der Waals surface area contributed by atoms with Gasteiger partial charge in [0.2, 0.25) is 0 Å². The van der Waals surface area contributed by atoms with Gasteiger partial charge in [-0.15, -0.1) is 0 Å². The van der Waals surface area contributed by atoms with Crippen molar-refractivity contribution in [2.45, 2.75) is 110 Å². The molecule has 0 nitrogen and oxygen atoms in total. The lowest BCUT2D eigenvalue weighted by Crippen LogP contribution is -2.01. The molecule has 0 bridgehead atoms. The van der Waals surface area contributed by atoms with Gasteiger partial charge in [0.05, 0.1) is 0 Å². The molecule has 0 aliphatic carbocycles. The van der Waals surface area contributed by atoms with Crippen molar-refractivity contribution in [2.75, 3.05) is 0 Å². The van der Waals surface area contributed by atoms with Crippen LogP contribution in [-0.2, 0) is 0 Å². The van der Waals surface area contributed by atoms with E-state index in [1.807, 2.05) is 0 Å². The fraction of sp³-hybridized carbons (Fsp3) is 0.947. The van der Waals surface area contributed by atoms with Crippen molar-refractivity contribution in [1.82, 2.24) is 0 Å². The summed E-state index contributed by atoms with van der Waals surface area (Å²) in [5, 5.41) is 0. The van der Waals surface area contributed by atoms with Crippen molar-refractivity contribution >= 4 is 0 Å². The molecule has 0 N–H and O–H groups in total. The Morgan fingerprint density at radius 3 is 1.63 bits per heavy atom. The molecule has 0 heterocycles. The third kappa shape index (κ3) is 14.2. The quantitative estimate of drug-likeness (QED) is 0.272. The molecule has 0 aromatic carbocycles. The van der Waals surface area contributed by atoms with Crippen molar-refractivity contribution in [2.24, 2.45) is 5.92 Å². The van der Waals surface area contributed by atoms with Crippen molar-refractivity contribution in [1.29, 1.82) is 0 Å². The number of unbranched alkanes of at least 4 members (excludes halogenated alkanes) is 9. The van der Waals surface area contributed by atoms with Crippen LogP contribution in [0.25, 0.3) is 0 Å². The second-order valence-corrected chi connectivity index (χ2v) is 6.27. The van der Waals surface area contributed by atoms with Crippen molar-refractivity contribution in [3.05, 3.63) is 6.92 Å². The van der Waals surface area contributed by atoms with Crippen LogP contribution in [0.15, 0.2) is 0 Å². The molecule has 0 aromatic rings. The molecule has 0 fully saturated rings. The second kappa shape index (κ2) is 16.1. The molecule has 0 spiro atoms. The Morgan fingerprint density at radius 1 is 0.579 bits per heavy atom. The largest absolute Gasteiger partial charge is 0.0654 e. The van der Waals surface area contributed by atoms with Gasteiger partial charge in [0.15, 0.2) is 0 Å². The van der Waals surface area contributed by atoms with E-state index < -0.39 is 0 Å². The molecule has 19 heavy (non-hydrogen) atoms. The van der Waals surface area contributed by atoms with E-state index in [4.69, 9.17) is 0 Å². The minimum Gasteiger partial charge on any atom is -0.0654 e. The third-order valence-corrected chi connectivity index (χ3v) is 4.29. The zero-order valence-electron chi connectivity index (χ0n) is 13.9. The SMILES string of the molecule is [CH2]CCCCCC(CCCC)CCCCCCCC. The Bertz CT molecular complexity index is 150. The summed E-state index contributed by atoms with van der Waals surface area (Å²) in [6.07, 6.45) is 21.3. The van der Waals surface area contributed by atoms with Gasteiger partial charge in [0.1, 0.15) is 0 Å². The van der Waals surface area contributed by atoms with E-state index in [-0.39, 0.29) is 0 Å². The van der Waals surface area contributed by atoms with Crippen LogP contribution in [0.3, 0.4) is 0 Å². The lowest BCUT2D eigenvalue weighted by atomic mass is 9.90. The number of hydrogen-bond donors (Lipinski definition) is 0. The smallest absolute Gasteiger partial charge is 0.0414 e. The summed E-state index contributed by atoms with van der Waals surface area (Å²) in [4.78, 5) is 0. The standard InChI is InChI=1S/C19H39/c1-4-7-10-12-13-15-18-19(16-9-6-3)17-14-11-8-5-2/h19H,2,4-18H2,1,3H3. The number of hydrogen-bond acceptors (Lipinski definition) is 0. The molecule has 1 radical (unpaired) electrons. The van der Waals surface area contributed by atoms with Crippen LogP contribution in [0.2, 0.25) is 0 Å². The van der Waals surface area contributed by atoms with Crippen LogP contribution in [-0.4, -0.2) is 0 Å². The average molecular weight is 268 g/mol. The van der Waals surface area contributed by atoms with Gasteiger partial charge in [0, 0.05) is 0 Å². The highest BCUT2D eigenvalue weighted by Gasteiger charge is 2.07. The minimum absolute atomic E-state index is 1.02. The molecular weight excluding hydrogens is 228 g/mol. The summed E-state index contributed by atoms with van der Waals surface area (Å²) in [7, 11) is 0. The van der Waals surface area contributed by atoms with Gasteiger partial charge in [-0.3, -0.25) is 0 Å². The maximum absolute atomic E-state index is 3.94. The Morgan fingerprint density at radius 2 is 1.05 bits per heavy atom. The first-order chi connectivity index (χ1) is 9.35. The van der Waals surface area contributed by atoms with Crippen LogP contribution in [0, 0.1) is 12.8 Å². The lowest BCUT2D eigenvalue weighted by Gasteiger charge is -2.16. The van der Waals surface area contributed by atoms with Crippen molar-refractivity contribution < 1.29 is 0 Å². The lowest BCUT2D eigenvalue weighted by molar-refractivity contribution is 0.372. The normalized spacial score (nSPS) is 12.8. The molecule has 0 aliphatic heterocycles. The first-order valence-electron chi connectivity index (χ1n) is 9.14. The maximum atomic E-state index is 3.94. The number of rotatable bonds is 15. The third-order valence-electron chi connectivity index (χ3n) is 4.29. The molecule has 0 aromatic heterocycles. The minimum atomic E-state index is 1.02. The first-order valence-corrected chi connectivity index (χ1v) is 9.14. The van der Waals surface area contributed by atoms with Gasteiger partial charge in [-0.25, -0.2) is 0 Å². The van der Waals surface area contributed by atoms with E-state index in [2.05, 4.69) is 20.8 Å². The molecule has 1 unspecified atom stereocenters. The molecule has 1 atom stereocenters. The molecule has 0 rings (SSSR count). The fourth-order valence-electron chi connectivity index (χ4n) is 2.93. The van der Waals surface area contributed by atoms with E-state index in [1.165, 1.54) is 89.9 Å². The summed E-state index contributed by atoms with van der Waals surface area (Å²) in [5.41, 5.74) is 0. The Kier molecular flexibility index (Phi) is 16.1. The summed E-state index contributed by atoms with van der Waals surface area (Å²) < 4.78 is 0. The molecule has 0 saturated carbocycles. The molecule has 0 saturated heterocycles. The zero-order chi connectivity index (χ0) is 14.2. The predicted molar refractivity (Wildman–Crippen MR) is 89.5 cm³/mol. The molecule has 0 amide bonds. The summed E-state index contributed by atoms with van der Waals surface area (Å²) in [5.74, 6) is 1.02. The fourth-order valence-corrected chi connectivity index (χ4v) is 2.93. The molecule has 0 aliphatic rings. The predicted octanol–water partition coefficient (Wildman–Crippen LogP) is 7.33. The van der Waals surface area contributed by atoms with Crippen LogP contribution < -0.4 is 0 Å². The van der Waals surface area contributed by atoms with E-state index in [9.17, 15) is 0 Å². The van der Waals surface area contributed by atoms with E-state index >= 15 is 0 Å². The Balaban J connectivity index is 3.55. The van der Waals surface area contributed by atoms with Crippen LogP contribution >= 0.6 is 0 Å². The van der Waals surface area contributed by atoms with Gasteiger partial charge in [-0.1, -0.05) is 117 Å². The Hall–Kier alpha value is 0. The molecule has 0 heteroatoms. The van der Waals surface area contributed by atoms with Gasteiger partial charge in [-0.2, -0.15) is 0 Å². The van der Waals surface area contributed by atoms with Crippen LogP contribution in [0.4, 0.5) is 0 Å². The highest BCUT2D eigenvalue weighted by atomic mass is 14.1. The Labute approximate surface area is 123 Å². The van der Waals surface area contributed by atoms with Gasteiger partial charge in [0.25, 0.3) is 0 Å². The summed E-state index contributed by atoms with van der Waals surface area (Å²) in [6.45, 7) is 8.56. The van der Waals surface area contributed by atoms with E-state index in [0.29, 0.717) is 0 Å². The second-order valence-electron chi connectivity index (χ2n) is 6.27. The highest BCUT2D eigenvalue weighted by molar-refractivity contribution is 4.61. The zero-order valence-corrected chi connectivity index (χ0v) is 13.9.